The molecule has 0 spiro atoms. The van der Waals surface area contributed by atoms with Gasteiger partial charge >= 0.3 is 12.4 Å². The van der Waals surface area contributed by atoms with Gasteiger partial charge in [0.2, 0.25) is 17.8 Å². The van der Waals surface area contributed by atoms with Crippen LogP contribution in [0, 0.1) is 11.6 Å². The number of imidazole rings is 1. The van der Waals surface area contributed by atoms with E-state index in [9.17, 15) is 54.9 Å². The second kappa shape index (κ2) is 27.2. The minimum absolute atomic E-state index is 0.00909. The molecule has 0 bridgehead atoms. The molecule has 3 aromatic heterocycles. The number of fused-ring (bicyclic) bond motifs is 1. The zero-order chi connectivity index (χ0) is 58.4. The number of anilines is 6. The van der Waals surface area contributed by atoms with Crippen molar-refractivity contribution in [2.24, 2.45) is 12.0 Å². The number of amides is 2. The highest BCUT2D eigenvalue weighted by molar-refractivity contribution is 7.78. The summed E-state index contributed by atoms with van der Waals surface area (Å²) in [7, 11) is 3.45. The lowest BCUT2D eigenvalue weighted by Gasteiger charge is -2.21. The molecule has 2 amide bonds. The van der Waals surface area contributed by atoms with Crippen LogP contribution in [-0.2, 0) is 29.0 Å². The number of nitrogens with zero attached hydrogens (tertiary/aromatic N) is 7. The van der Waals surface area contributed by atoms with Crippen molar-refractivity contribution in [3.8, 4) is 23.0 Å². The minimum Gasteiger partial charge on any atom is -0.457 e. The molecule has 0 unspecified atom stereocenters. The van der Waals surface area contributed by atoms with Crippen molar-refractivity contribution in [1.29, 1.82) is 0 Å². The predicted octanol–water partition coefficient (Wildman–Crippen LogP) is 10.5. The number of aliphatic hydroxyl groups excluding tert-OH is 2. The SMILES string of the molecule is CNc1ccc(Oc2ccnc(NC(=O)CN3CCC[C@H]3CO)c2)cc1N.Cn1c(Nc2cc(C(F)(F)F)ccc2F)nc2cc(Oc3ccnc(NC(=O)CN4CCC[C@H]4CO)c3)ccc21.Fc1ccc(C(F)(F)F)cc1N=C=S. The number of thiocarbonyl (C=S) groups is 1. The summed E-state index contributed by atoms with van der Waals surface area (Å²) >= 11 is 4.17. The van der Waals surface area contributed by atoms with Gasteiger partial charge in [-0.05, 0) is 124 Å². The Bertz CT molecular complexity index is 3380. The van der Waals surface area contributed by atoms with Gasteiger partial charge in [0, 0.05) is 62.8 Å². The van der Waals surface area contributed by atoms with Crippen LogP contribution in [0.3, 0.4) is 0 Å². The topological polar surface area (TPSA) is 230 Å². The monoisotopic (exact) mass is 1150 g/mol. The van der Waals surface area contributed by atoms with E-state index in [4.69, 9.17) is 15.2 Å². The fourth-order valence-electron chi connectivity index (χ4n) is 8.64. The molecule has 9 rings (SSSR count). The average Bonchev–Trinajstić information content (AvgIpc) is 4.40. The van der Waals surface area contributed by atoms with E-state index in [1.807, 2.05) is 21.9 Å². The molecule has 2 fully saturated rings. The second-order valence-electron chi connectivity index (χ2n) is 18.3. The third-order valence-corrected chi connectivity index (χ3v) is 12.8. The Kier molecular flexibility index (Phi) is 20.3. The zero-order valence-electron chi connectivity index (χ0n) is 43.3. The molecule has 7 aromatic rings. The molecule has 8 N–H and O–H groups in total. The van der Waals surface area contributed by atoms with Gasteiger partial charge in [-0.25, -0.2) is 23.7 Å². The smallest absolute Gasteiger partial charge is 0.416 e. The largest absolute Gasteiger partial charge is 0.457 e. The van der Waals surface area contributed by atoms with Crippen molar-refractivity contribution in [3.05, 3.63) is 132 Å². The number of nitrogen functional groups attached to an aromatic ring is 1. The number of hydrogen-bond donors (Lipinski definition) is 7. The van der Waals surface area contributed by atoms with E-state index in [0.29, 0.717) is 81.7 Å². The van der Waals surface area contributed by atoms with Crippen LogP contribution in [0.1, 0.15) is 36.8 Å². The average molecular weight is 1150 g/mol. The first-order valence-electron chi connectivity index (χ1n) is 24.8. The van der Waals surface area contributed by atoms with Gasteiger partial charge in [-0.15, -0.1) is 0 Å². The fraction of sp³-hybridized carbons (Fsp3) is 0.296. The Morgan fingerprint density at radius 2 is 1.23 bits per heavy atom. The number of hydrogen-bond acceptors (Lipinski definition) is 16. The normalized spacial score (nSPS) is 15.4. The number of benzene rings is 4. The van der Waals surface area contributed by atoms with Gasteiger partial charge in [-0.3, -0.25) is 19.4 Å². The van der Waals surface area contributed by atoms with Crippen LogP contribution in [-0.4, -0.2) is 115 Å². The number of ether oxygens (including phenoxy) is 2. The van der Waals surface area contributed by atoms with Gasteiger partial charge in [-0.1, -0.05) is 0 Å². The lowest BCUT2D eigenvalue weighted by Crippen LogP contribution is -2.38. The number of halogens is 8. The molecule has 0 saturated carbocycles. The third kappa shape index (κ3) is 16.6. The van der Waals surface area contributed by atoms with E-state index < -0.39 is 40.8 Å². The van der Waals surface area contributed by atoms with Crippen LogP contribution < -0.4 is 36.5 Å². The number of likely N-dealkylation sites (tertiary alicyclic amines) is 2. The van der Waals surface area contributed by atoms with Gasteiger partial charge in [0.15, 0.2) is 0 Å². The molecule has 2 aliphatic heterocycles. The van der Waals surface area contributed by atoms with Crippen molar-refractivity contribution in [1.82, 2.24) is 29.3 Å². The summed E-state index contributed by atoms with van der Waals surface area (Å²) in [6, 6.07) is 21.0. The molecule has 18 nitrogen and oxygen atoms in total. The Hall–Kier alpha value is -8.33. The molecule has 2 aliphatic rings. The number of aliphatic hydroxyl groups is 2. The van der Waals surface area contributed by atoms with E-state index in [1.165, 1.54) is 6.20 Å². The maximum absolute atomic E-state index is 14.3. The summed E-state index contributed by atoms with van der Waals surface area (Å²) in [5.74, 6) is 0.680. The summed E-state index contributed by atoms with van der Waals surface area (Å²) in [6.45, 7) is 2.03. The van der Waals surface area contributed by atoms with Crippen LogP contribution in [0.25, 0.3) is 11.0 Å². The highest BCUT2D eigenvalue weighted by atomic mass is 32.1. The standard InChI is InChI=1S/C27H26F4N6O3.C19H25N5O3.C8H3F4NS/c1-36-23-7-5-18(12-22(23)34-26(36)33-21-11-16(27(29,30)31)4-6-20(21)28)40-19-8-9-32-24(13-19)35-25(39)14-37-10-2-3-17(37)15-38;1-21-17-5-4-14(9-16(17)20)27-15-6-7-22-18(10-15)23-19(26)11-24-8-2-3-13(24)12-25;9-6-2-1-5(8(10,11)12)3-7(6)13-4-14/h4-9,11-13,17,38H,2-3,10,14-15H2,1H3,(H,33,34)(H,32,35,39);4-7,9-10,13,21,25H,2-3,8,11-12,20H2,1H3,(H,22,23,26);1-3H/t17-;13-;/m00./s1. The van der Waals surface area contributed by atoms with Gasteiger partial charge in [0.25, 0.3) is 0 Å². The van der Waals surface area contributed by atoms with E-state index in [-0.39, 0.29) is 61.8 Å². The summed E-state index contributed by atoms with van der Waals surface area (Å²) in [5.41, 5.74) is 5.68. The Balaban J connectivity index is 0.000000198. The van der Waals surface area contributed by atoms with Crippen LogP contribution in [0.2, 0.25) is 0 Å². The highest BCUT2D eigenvalue weighted by Crippen LogP contribution is 2.36. The van der Waals surface area contributed by atoms with Gasteiger partial charge in [0.1, 0.15) is 52.0 Å². The van der Waals surface area contributed by atoms with Crippen LogP contribution in [0.15, 0.2) is 114 Å². The molecule has 2 saturated heterocycles. The van der Waals surface area contributed by atoms with Crippen molar-refractivity contribution >= 4 is 80.6 Å². The number of pyridine rings is 2. The number of aliphatic imine (C=N–C) groups is 1. The van der Waals surface area contributed by atoms with Crippen LogP contribution >= 0.6 is 12.2 Å². The minimum atomic E-state index is -4.62. The summed E-state index contributed by atoms with van der Waals surface area (Å²) < 4.78 is 116. The molecule has 2 atom stereocenters. The van der Waals surface area contributed by atoms with Crippen molar-refractivity contribution in [2.45, 2.75) is 50.1 Å². The second-order valence-corrected chi connectivity index (χ2v) is 18.5. The van der Waals surface area contributed by atoms with Crippen molar-refractivity contribution < 1.29 is 64.4 Å². The lowest BCUT2D eigenvalue weighted by molar-refractivity contribution is -0.138. The Morgan fingerprint density at radius 3 is 1.75 bits per heavy atom. The number of alkyl halides is 6. The summed E-state index contributed by atoms with van der Waals surface area (Å²) in [5, 5.41) is 31.8. The zero-order valence-corrected chi connectivity index (χ0v) is 44.1. The molecular weight excluding hydrogens is 1100 g/mol. The predicted molar refractivity (Wildman–Crippen MR) is 291 cm³/mol. The quantitative estimate of drug-likeness (QED) is 0.0207. The molecule has 27 heteroatoms. The third-order valence-electron chi connectivity index (χ3n) is 12.7. The number of carbonyl (C=O) groups excluding carboxylic acids is 2. The maximum Gasteiger partial charge on any atom is 0.416 e. The number of aryl methyl sites for hydroxylation is 1. The van der Waals surface area contributed by atoms with Crippen molar-refractivity contribution in [2.75, 3.05) is 73.4 Å². The Labute approximate surface area is 463 Å². The van der Waals surface area contributed by atoms with Crippen LogP contribution in [0.4, 0.5) is 75.5 Å². The molecule has 0 radical (unpaired) electrons. The fourth-order valence-corrected chi connectivity index (χ4v) is 8.74. The number of isothiocyanates is 1. The van der Waals surface area contributed by atoms with Gasteiger partial charge < -0.3 is 51.3 Å². The maximum atomic E-state index is 14.3. The number of nitrogens with two attached hydrogens (primary N) is 1. The number of carbonyl (C=O) groups is 2. The first-order valence-corrected chi connectivity index (χ1v) is 25.2. The molecule has 5 heterocycles. The summed E-state index contributed by atoms with van der Waals surface area (Å²) in [6.07, 6.45) is -2.37. The molecule has 81 heavy (non-hydrogen) atoms. The van der Waals surface area contributed by atoms with Gasteiger partial charge in [-0.2, -0.15) is 31.3 Å². The molecule has 4 aromatic carbocycles. The lowest BCUT2D eigenvalue weighted by atomic mass is 10.2. The number of aromatic nitrogens is 4. The Morgan fingerprint density at radius 1 is 0.716 bits per heavy atom. The van der Waals surface area contributed by atoms with E-state index in [1.54, 1.807) is 78.6 Å². The summed E-state index contributed by atoms with van der Waals surface area (Å²) in [4.78, 5) is 44.6. The van der Waals surface area contributed by atoms with Crippen molar-refractivity contribution in [3.63, 3.8) is 0 Å². The first-order chi connectivity index (χ1) is 38.6. The van der Waals surface area contributed by atoms with E-state index >= 15 is 0 Å². The molecule has 0 aliphatic carbocycles. The number of rotatable bonds is 16. The van der Waals surface area contributed by atoms with E-state index in [2.05, 4.69) is 53.4 Å². The molecular formula is C54H54F8N12O6S. The van der Waals surface area contributed by atoms with E-state index in [0.717, 1.165) is 50.5 Å². The molecule has 428 valence electrons. The highest BCUT2D eigenvalue weighted by Gasteiger charge is 2.33. The van der Waals surface area contributed by atoms with Crippen LogP contribution in [0.5, 0.6) is 23.0 Å². The first kappa shape index (κ1) is 60.3. The number of nitrogens with one attached hydrogen (secondary N) is 4. The van der Waals surface area contributed by atoms with Gasteiger partial charge in [0.05, 0.1) is 70.7 Å².